The van der Waals surface area contributed by atoms with Crippen LogP contribution in [0.4, 0.5) is 0 Å². The van der Waals surface area contributed by atoms with E-state index in [1.807, 2.05) is 0 Å². The van der Waals surface area contributed by atoms with Crippen LogP contribution in [0, 0.1) is 5.41 Å². The lowest BCUT2D eigenvalue weighted by Gasteiger charge is -2.34. The fourth-order valence-corrected chi connectivity index (χ4v) is 2.57. The van der Waals surface area contributed by atoms with E-state index >= 15 is 0 Å². The zero-order valence-corrected chi connectivity index (χ0v) is 11.2. The van der Waals surface area contributed by atoms with Crippen molar-refractivity contribution in [1.82, 2.24) is 5.32 Å². The minimum atomic E-state index is -0.223. The predicted molar refractivity (Wildman–Crippen MR) is 65.3 cm³/mol. The smallest absolute Gasteiger partial charge is 0.249 e. The summed E-state index contributed by atoms with van der Waals surface area (Å²) in [6.45, 7) is 11.4. The Labute approximate surface area is 98.9 Å². The van der Waals surface area contributed by atoms with E-state index in [0.29, 0.717) is 0 Å². The molecule has 1 aliphatic rings. The molecule has 0 aromatic rings. The van der Waals surface area contributed by atoms with Crippen molar-refractivity contribution in [2.24, 2.45) is 5.41 Å². The van der Waals surface area contributed by atoms with E-state index in [9.17, 15) is 4.79 Å². The highest BCUT2D eigenvalue weighted by atomic mass is 16.5. The molecule has 1 amide bonds. The first-order valence-electron chi connectivity index (χ1n) is 6.13. The van der Waals surface area contributed by atoms with Gasteiger partial charge in [0.25, 0.3) is 0 Å². The van der Waals surface area contributed by atoms with E-state index in [-0.39, 0.29) is 23.0 Å². The molecule has 0 saturated carbocycles. The molecule has 1 rings (SSSR count). The molecule has 0 radical (unpaired) electrons. The Balaban J connectivity index is 2.48. The Morgan fingerprint density at radius 3 is 2.38 bits per heavy atom. The van der Waals surface area contributed by atoms with Crippen LogP contribution in [-0.4, -0.2) is 24.2 Å². The molecule has 0 spiro atoms. The average molecular weight is 227 g/mol. The van der Waals surface area contributed by atoms with Crippen molar-refractivity contribution in [3.05, 3.63) is 0 Å². The molecular weight excluding hydrogens is 202 g/mol. The second-order valence-corrected chi connectivity index (χ2v) is 6.61. The number of hydrogen-bond acceptors (Lipinski definition) is 2. The van der Waals surface area contributed by atoms with Gasteiger partial charge in [-0.3, -0.25) is 4.79 Å². The number of ether oxygens (including phenoxy) is 1. The minimum Gasteiger partial charge on any atom is -0.368 e. The first-order chi connectivity index (χ1) is 7.20. The van der Waals surface area contributed by atoms with Gasteiger partial charge in [-0.05, 0) is 38.5 Å². The van der Waals surface area contributed by atoms with Crippen molar-refractivity contribution < 1.29 is 9.53 Å². The maximum atomic E-state index is 11.9. The van der Waals surface area contributed by atoms with E-state index in [1.54, 1.807) is 0 Å². The lowest BCUT2D eigenvalue weighted by Crippen LogP contribution is -2.49. The number of hydrogen-bond donors (Lipinski definition) is 1. The molecule has 1 atom stereocenters. The van der Waals surface area contributed by atoms with Gasteiger partial charge < -0.3 is 10.1 Å². The van der Waals surface area contributed by atoms with Gasteiger partial charge in [-0.15, -0.1) is 0 Å². The molecule has 3 nitrogen and oxygen atoms in total. The number of carbonyl (C=O) groups excluding carboxylic acids is 1. The van der Waals surface area contributed by atoms with Crippen LogP contribution in [-0.2, 0) is 9.53 Å². The third kappa shape index (κ3) is 4.52. The third-order valence-corrected chi connectivity index (χ3v) is 2.66. The second-order valence-electron chi connectivity index (χ2n) is 6.61. The molecule has 1 heterocycles. The van der Waals surface area contributed by atoms with Crippen LogP contribution in [0.5, 0.6) is 0 Å². The van der Waals surface area contributed by atoms with E-state index in [4.69, 9.17) is 4.74 Å². The molecule has 0 aromatic heterocycles. The van der Waals surface area contributed by atoms with Gasteiger partial charge in [0, 0.05) is 12.1 Å². The lowest BCUT2D eigenvalue weighted by molar-refractivity contribution is -0.132. The van der Waals surface area contributed by atoms with Crippen molar-refractivity contribution in [2.45, 2.75) is 65.5 Å². The molecule has 3 heteroatoms. The monoisotopic (exact) mass is 227 g/mol. The fraction of sp³-hybridized carbons (Fsp3) is 0.923. The van der Waals surface area contributed by atoms with Gasteiger partial charge >= 0.3 is 0 Å². The van der Waals surface area contributed by atoms with E-state index in [1.165, 1.54) is 0 Å². The zero-order valence-electron chi connectivity index (χ0n) is 11.2. The van der Waals surface area contributed by atoms with Gasteiger partial charge in [-0.1, -0.05) is 20.8 Å². The topological polar surface area (TPSA) is 38.3 Å². The summed E-state index contributed by atoms with van der Waals surface area (Å²) in [5.41, 5.74) is 0.0502. The highest BCUT2D eigenvalue weighted by molar-refractivity contribution is 5.81. The highest BCUT2D eigenvalue weighted by Gasteiger charge is 2.31. The maximum Gasteiger partial charge on any atom is 0.249 e. The van der Waals surface area contributed by atoms with Crippen LogP contribution in [0.3, 0.4) is 0 Å². The number of rotatable bonds is 3. The number of amides is 1. The van der Waals surface area contributed by atoms with E-state index in [0.717, 1.165) is 25.9 Å². The number of nitrogens with one attached hydrogen (secondary N) is 1. The van der Waals surface area contributed by atoms with E-state index < -0.39 is 0 Å². The molecule has 0 aromatic carbocycles. The highest BCUT2D eigenvalue weighted by Crippen LogP contribution is 2.27. The van der Waals surface area contributed by atoms with Crippen LogP contribution in [0.25, 0.3) is 0 Å². The standard InChI is InChI=1S/C13H25NO2/c1-12(2,3)9-13(4,5)14-11(15)10-7-6-8-16-10/h10H,6-9H2,1-5H3,(H,14,15)/t10-/m1/s1. The fourth-order valence-electron chi connectivity index (χ4n) is 2.57. The molecule has 1 fully saturated rings. The molecule has 1 aliphatic heterocycles. The predicted octanol–water partition coefficient (Wildman–Crippen LogP) is 2.50. The molecule has 16 heavy (non-hydrogen) atoms. The van der Waals surface area contributed by atoms with Crippen molar-refractivity contribution >= 4 is 5.91 Å². The van der Waals surface area contributed by atoms with Crippen molar-refractivity contribution in [1.29, 1.82) is 0 Å². The summed E-state index contributed by atoms with van der Waals surface area (Å²) in [5, 5.41) is 3.09. The Morgan fingerprint density at radius 2 is 1.94 bits per heavy atom. The van der Waals surface area contributed by atoms with Gasteiger partial charge in [0.2, 0.25) is 5.91 Å². The van der Waals surface area contributed by atoms with Crippen LogP contribution in [0.15, 0.2) is 0 Å². The Kier molecular flexibility index (Phi) is 4.00. The quantitative estimate of drug-likeness (QED) is 0.804. The molecular formula is C13H25NO2. The van der Waals surface area contributed by atoms with Gasteiger partial charge in [-0.25, -0.2) is 0 Å². The number of carbonyl (C=O) groups is 1. The molecule has 1 N–H and O–H groups in total. The summed E-state index contributed by atoms with van der Waals surface area (Å²) in [4.78, 5) is 11.9. The molecule has 0 aliphatic carbocycles. The van der Waals surface area contributed by atoms with Crippen LogP contribution < -0.4 is 5.32 Å². The first kappa shape index (κ1) is 13.5. The second kappa shape index (κ2) is 4.74. The summed E-state index contributed by atoms with van der Waals surface area (Å²) in [6.07, 6.45) is 2.59. The third-order valence-electron chi connectivity index (χ3n) is 2.66. The summed E-state index contributed by atoms with van der Waals surface area (Å²) < 4.78 is 5.38. The first-order valence-corrected chi connectivity index (χ1v) is 6.13. The summed E-state index contributed by atoms with van der Waals surface area (Å²) in [5.74, 6) is 0.0479. The molecule has 0 unspecified atom stereocenters. The Morgan fingerprint density at radius 1 is 1.31 bits per heavy atom. The van der Waals surface area contributed by atoms with Crippen LogP contribution in [0.1, 0.15) is 53.9 Å². The van der Waals surface area contributed by atoms with Gasteiger partial charge in [0.05, 0.1) is 0 Å². The van der Waals surface area contributed by atoms with Crippen molar-refractivity contribution in [3.63, 3.8) is 0 Å². The van der Waals surface area contributed by atoms with Crippen LogP contribution >= 0.6 is 0 Å². The Bertz CT molecular complexity index is 247. The minimum absolute atomic E-state index is 0.0479. The average Bonchev–Trinajstić information content (AvgIpc) is 2.48. The van der Waals surface area contributed by atoms with Gasteiger partial charge in [0.15, 0.2) is 0 Å². The SMILES string of the molecule is CC(C)(C)CC(C)(C)NC(=O)[C@H]1CCCO1. The Hall–Kier alpha value is -0.570. The summed E-state index contributed by atoms with van der Waals surface area (Å²) in [6, 6.07) is 0. The summed E-state index contributed by atoms with van der Waals surface area (Å²) >= 11 is 0. The maximum absolute atomic E-state index is 11.9. The summed E-state index contributed by atoms with van der Waals surface area (Å²) in [7, 11) is 0. The normalized spacial score (nSPS) is 22.2. The zero-order chi connectivity index (χ0) is 12.4. The van der Waals surface area contributed by atoms with Crippen molar-refractivity contribution in [3.8, 4) is 0 Å². The molecule has 94 valence electrons. The van der Waals surface area contributed by atoms with Crippen molar-refractivity contribution in [2.75, 3.05) is 6.61 Å². The lowest BCUT2D eigenvalue weighted by atomic mass is 9.81. The van der Waals surface area contributed by atoms with Gasteiger partial charge in [-0.2, -0.15) is 0 Å². The largest absolute Gasteiger partial charge is 0.368 e. The molecule has 0 bridgehead atoms. The van der Waals surface area contributed by atoms with Gasteiger partial charge in [0.1, 0.15) is 6.10 Å². The molecule has 1 saturated heterocycles. The van der Waals surface area contributed by atoms with Crippen LogP contribution in [0.2, 0.25) is 0 Å². The van der Waals surface area contributed by atoms with E-state index in [2.05, 4.69) is 39.9 Å².